The molecule has 27 heavy (non-hydrogen) atoms. The SMILES string of the molecule is CN1CCN(C(=O)CC2CCN(c3noc(-c4ccccc4)n3)CC2)CC1. The predicted octanol–water partition coefficient (Wildman–Crippen LogP) is 2.12. The van der Waals surface area contributed by atoms with Crippen molar-refractivity contribution in [2.75, 3.05) is 51.2 Å². The van der Waals surface area contributed by atoms with Crippen molar-refractivity contribution in [1.82, 2.24) is 19.9 Å². The Morgan fingerprint density at radius 3 is 2.48 bits per heavy atom. The van der Waals surface area contributed by atoms with Crippen LogP contribution in [0.5, 0.6) is 0 Å². The van der Waals surface area contributed by atoms with E-state index in [-0.39, 0.29) is 0 Å². The van der Waals surface area contributed by atoms with Gasteiger partial charge in [0.15, 0.2) is 0 Å². The van der Waals surface area contributed by atoms with E-state index in [1.165, 1.54) is 0 Å². The first-order chi connectivity index (χ1) is 13.2. The molecule has 2 saturated heterocycles. The van der Waals surface area contributed by atoms with Crippen molar-refractivity contribution in [3.8, 4) is 11.5 Å². The van der Waals surface area contributed by atoms with E-state index in [2.05, 4.69) is 27.0 Å². The number of rotatable bonds is 4. The van der Waals surface area contributed by atoms with E-state index in [0.717, 1.165) is 57.7 Å². The Kier molecular flexibility index (Phi) is 5.38. The smallest absolute Gasteiger partial charge is 0.266 e. The summed E-state index contributed by atoms with van der Waals surface area (Å²) >= 11 is 0. The lowest BCUT2D eigenvalue weighted by Gasteiger charge is -2.35. The van der Waals surface area contributed by atoms with Crippen LogP contribution in [0.15, 0.2) is 34.9 Å². The van der Waals surface area contributed by atoms with Crippen LogP contribution < -0.4 is 4.90 Å². The van der Waals surface area contributed by atoms with Gasteiger partial charge in [0.25, 0.3) is 11.8 Å². The van der Waals surface area contributed by atoms with E-state index in [9.17, 15) is 4.79 Å². The second kappa shape index (κ2) is 8.08. The van der Waals surface area contributed by atoms with Crippen LogP contribution >= 0.6 is 0 Å². The summed E-state index contributed by atoms with van der Waals surface area (Å²) in [5.74, 6) is 1.97. The lowest BCUT2D eigenvalue weighted by molar-refractivity contribution is -0.133. The molecule has 1 aromatic carbocycles. The molecule has 144 valence electrons. The fraction of sp³-hybridized carbons (Fsp3) is 0.550. The molecule has 0 spiro atoms. The third kappa shape index (κ3) is 4.30. The molecular formula is C20H27N5O2. The Labute approximate surface area is 159 Å². The zero-order valence-electron chi connectivity index (χ0n) is 15.9. The number of anilines is 1. The fourth-order valence-electron chi connectivity index (χ4n) is 3.81. The zero-order chi connectivity index (χ0) is 18.6. The molecule has 0 radical (unpaired) electrons. The van der Waals surface area contributed by atoms with E-state index in [4.69, 9.17) is 4.52 Å². The van der Waals surface area contributed by atoms with Gasteiger partial charge < -0.3 is 19.2 Å². The molecule has 0 aliphatic carbocycles. The largest absolute Gasteiger partial charge is 0.340 e. The van der Waals surface area contributed by atoms with Crippen molar-refractivity contribution in [3.63, 3.8) is 0 Å². The number of benzene rings is 1. The third-order valence-corrected chi connectivity index (χ3v) is 5.65. The highest BCUT2D eigenvalue weighted by Gasteiger charge is 2.27. The summed E-state index contributed by atoms with van der Waals surface area (Å²) < 4.78 is 5.42. The minimum atomic E-state index is 0.312. The van der Waals surface area contributed by atoms with Crippen molar-refractivity contribution >= 4 is 11.9 Å². The van der Waals surface area contributed by atoms with Crippen molar-refractivity contribution in [3.05, 3.63) is 30.3 Å². The van der Waals surface area contributed by atoms with Crippen LogP contribution in [0.3, 0.4) is 0 Å². The van der Waals surface area contributed by atoms with Crippen molar-refractivity contribution in [2.24, 2.45) is 5.92 Å². The Bertz CT molecular complexity index is 747. The van der Waals surface area contributed by atoms with Gasteiger partial charge in [-0.15, -0.1) is 0 Å². The molecule has 2 aliphatic heterocycles. The molecule has 2 aromatic rings. The molecule has 2 aliphatic rings. The van der Waals surface area contributed by atoms with Crippen LogP contribution in [0.25, 0.3) is 11.5 Å². The molecule has 3 heterocycles. The molecule has 1 aromatic heterocycles. The number of hydrogen-bond donors (Lipinski definition) is 0. The average molecular weight is 369 g/mol. The quantitative estimate of drug-likeness (QED) is 0.822. The molecule has 1 amide bonds. The summed E-state index contributed by atoms with van der Waals surface area (Å²) in [6.07, 6.45) is 2.66. The van der Waals surface area contributed by atoms with Crippen LogP contribution in [-0.4, -0.2) is 72.2 Å². The van der Waals surface area contributed by atoms with E-state index in [1.807, 2.05) is 35.2 Å². The van der Waals surface area contributed by atoms with E-state index < -0.39 is 0 Å². The first-order valence-electron chi connectivity index (χ1n) is 9.79. The van der Waals surface area contributed by atoms with Gasteiger partial charge in [-0.1, -0.05) is 18.2 Å². The molecular weight excluding hydrogens is 342 g/mol. The number of piperazine rings is 1. The second-order valence-corrected chi connectivity index (χ2v) is 7.58. The number of piperidine rings is 1. The Morgan fingerprint density at radius 2 is 1.78 bits per heavy atom. The summed E-state index contributed by atoms with van der Waals surface area (Å²) in [5.41, 5.74) is 0.934. The van der Waals surface area contributed by atoms with Gasteiger partial charge in [-0.25, -0.2) is 0 Å². The maximum Gasteiger partial charge on any atom is 0.266 e. The van der Waals surface area contributed by atoms with Gasteiger partial charge in [0.05, 0.1) is 0 Å². The standard InChI is InChI=1S/C20H27N5O2/c1-23-11-13-24(14-12-23)18(26)15-16-7-9-25(10-8-16)20-21-19(27-22-20)17-5-3-2-4-6-17/h2-6,16H,7-15H2,1H3. The van der Waals surface area contributed by atoms with Crippen LogP contribution in [0.4, 0.5) is 5.95 Å². The maximum absolute atomic E-state index is 12.5. The summed E-state index contributed by atoms with van der Waals surface area (Å²) in [6.45, 7) is 5.42. The van der Waals surface area contributed by atoms with Gasteiger partial charge in [0, 0.05) is 51.3 Å². The number of likely N-dealkylation sites (N-methyl/N-ethyl adjacent to an activating group) is 1. The molecule has 0 saturated carbocycles. The lowest BCUT2D eigenvalue weighted by Crippen LogP contribution is -2.47. The molecule has 4 rings (SSSR count). The van der Waals surface area contributed by atoms with E-state index in [0.29, 0.717) is 30.1 Å². The van der Waals surface area contributed by atoms with Gasteiger partial charge in [-0.05, 0) is 43.1 Å². The Hall–Kier alpha value is -2.41. The highest BCUT2D eigenvalue weighted by Crippen LogP contribution is 2.26. The second-order valence-electron chi connectivity index (χ2n) is 7.58. The highest BCUT2D eigenvalue weighted by atomic mass is 16.5. The Balaban J connectivity index is 1.28. The minimum absolute atomic E-state index is 0.312. The topological polar surface area (TPSA) is 65.7 Å². The van der Waals surface area contributed by atoms with Crippen molar-refractivity contribution in [2.45, 2.75) is 19.3 Å². The monoisotopic (exact) mass is 369 g/mol. The number of amides is 1. The van der Waals surface area contributed by atoms with E-state index >= 15 is 0 Å². The van der Waals surface area contributed by atoms with Gasteiger partial charge in [0.1, 0.15) is 0 Å². The maximum atomic E-state index is 12.5. The third-order valence-electron chi connectivity index (χ3n) is 5.65. The van der Waals surface area contributed by atoms with Gasteiger partial charge >= 0.3 is 0 Å². The van der Waals surface area contributed by atoms with Crippen molar-refractivity contribution < 1.29 is 9.32 Å². The van der Waals surface area contributed by atoms with Crippen LogP contribution in [0, 0.1) is 5.92 Å². The predicted molar refractivity (Wildman–Crippen MR) is 103 cm³/mol. The van der Waals surface area contributed by atoms with Gasteiger partial charge in [-0.2, -0.15) is 4.98 Å². The summed E-state index contributed by atoms with van der Waals surface area (Å²) in [5, 5.41) is 4.14. The average Bonchev–Trinajstić information content (AvgIpc) is 3.20. The summed E-state index contributed by atoms with van der Waals surface area (Å²) in [6, 6.07) is 9.82. The van der Waals surface area contributed by atoms with E-state index in [1.54, 1.807) is 0 Å². The number of nitrogens with zero attached hydrogens (tertiary/aromatic N) is 5. The molecule has 0 N–H and O–H groups in total. The van der Waals surface area contributed by atoms with Crippen LogP contribution in [0.1, 0.15) is 19.3 Å². The Morgan fingerprint density at radius 1 is 1.07 bits per heavy atom. The number of hydrogen-bond acceptors (Lipinski definition) is 6. The zero-order valence-corrected chi connectivity index (χ0v) is 15.9. The first-order valence-corrected chi connectivity index (χ1v) is 9.79. The van der Waals surface area contributed by atoms with Crippen LogP contribution in [-0.2, 0) is 4.79 Å². The van der Waals surface area contributed by atoms with Gasteiger partial charge in [0.2, 0.25) is 5.91 Å². The summed E-state index contributed by atoms with van der Waals surface area (Å²) in [7, 11) is 2.11. The molecule has 2 fully saturated rings. The molecule has 0 atom stereocenters. The number of aromatic nitrogens is 2. The molecule has 0 bridgehead atoms. The highest BCUT2D eigenvalue weighted by molar-refractivity contribution is 5.76. The summed E-state index contributed by atoms with van der Waals surface area (Å²) in [4.78, 5) is 23.5. The van der Waals surface area contributed by atoms with Crippen LogP contribution in [0.2, 0.25) is 0 Å². The normalized spacial score (nSPS) is 19.4. The molecule has 7 nitrogen and oxygen atoms in total. The first kappa shape index (κ1) is 18.0. The van der Waals surface area contributed by atoms with Gasteiger partial charge in [-0.3, -0.25) is 4.79 Å². The fourth-order valence-corrected chi connectivity index (χ4v) is 3.81. The number of carbonyl (C=O) groups excluding carboxylic acids is 1. The molecule has 0 unspecified atom stereocenters. The van der Waals surface area contributed by atoms with Crippen molar-refractivity contribution in [1.29, 1.82) is 0 Å². The molecule has 7 heteroatoms. The lowest BCUT2D eigenvalue weighted by atomic mass is 9.93. The number of carbonyl (C=O) groups is 1. The minimum Gasteiger partial charge on any atom is -0.340 e.